The molecular formula is C22H21F2N3O4. The fourth-order valence-corrected chi connectivity index (χ4v) is 3.21. The standard InChI is InChI=1S/C22H21F2N3O4/c1-4-15(11-8-12(23)10-13(24)9-11)25-17-18(21(30)20(17)29)26-16-7-5-6-14(19(16)28)22(31)27(2)3/h5-10,15,25-26,28H,4H2,1-3H3. The summed E-state index contributed by atoms with van der Waals surface area (Å²) < 4.78 is 27.2. The van der Waals surface area contributed by atoms with E-state index in [2.05, 4.69) is 10.6 Å². The second-order valence-electron chi connectivity index (χ2n) is 7.24. The van der Waals surface area contributed by atoms with Crippen molar-refractivity contribution in [3.8, 4) is 5.75 Å². The van der Waals surface area contributed by atoms with Crippen LogP contribution in [-0.4, -0.2) is 30.0 Å². The summed E-state index contributed by atoms with van der Waals surface area (Å²) in [4.78, 5) is 37.8. The van der Waals surface area contributed by atoms with E-state index < -0.39 is 34.4 Å². The van der Waals surface area contributed by atoms with Crippen molar-refractivity contribution >= 4 is 23.0 Å². The van der Waals surface area contributed by atoms with Gasteiger partial charge in [-0.25, -0.2) is 8.78 Å². The van der Waals surface area contributed by atoms with Gasteiger partial charge in [0.2, 0.25) is 0 Å². The Morgan fingerprint density at radius 2 is 1.68 bits per heavy atom. The number of halogens is 2. The van der Waals surface area contributed by atoms with Crippen LogP contribution in [0.1, 0.15) is 35.3 Å². The van der Waals surface area contributed by atoms with Gasteiger partial charge in [-0.3, -0.25) is 14.4 Å². The molecular weight excluding hydrogens is 408 g/mol. The number of anilines is 3. The number of phenolic OH excluding ortho intramolecular Hbond substituents is 1. The Bertz CT molecular complexity index is 1200. The molecule has 3 aromatic rings. The van der Waals surface area contributed by atoms with Crippen molar-refractivity contribution in [2.75, 3.05) is 24.7 Å². The van der Waals surface area contributed by atoms with Crippen LogP contribution in [0.3, 0.4) is 0 Å². The van der Waals surface area contributed by atoms with Crippen LogP contribution < -0.4 is 21.5 Å². The molecule has 0 spiro atoms. The lowest BCUT2D eigenvalue weighted by Crippen LogP contribution is -2.37. The van der Waals surface area contributed by atoms with Crippen LogP contribution in [0.2, 0.25) is 0 Å². The number of nitrogens with one attached hydrogen (secondary N) is 2. The van der Waals surface area contributed by atoms with E-state index in [4.69, 9.17) is 0 Å². The zero-order valence-corrected chi connectivity index (χ0v) is 17.1. The van der Waals surface area contributed by atoms with Gasteiger partial charge in [-0.05, 0) is 36.2 Å². The highest BCUT2D eigenvalue weighted by Gasteiger charge is 2.26. The van der Waals surface area contributed by atoms with Crippen molar-refractivity contribution in [3.63, 3.8) is 0 Å². The number of nitrogens with zero attached hydrogens (tertiary/aromatic N) is 1. The molecule has 0 aliphatic carbocycles. The predicted octanol–water partition coefficient (Wildman–Crippen LogP) is 3.28. The average molecular weight is 429 g/mol. The van der Waals surface area contributed by atoms with Gasteiger partial charge in [-0.1, -0.05) is 13.0 Å². The molecule has 31 heavy (non-hydrogen) atoms. The van der Waals surface area contributed by atoms with E-state index in [0.717, 1.165) is 18.2 Å². The topological polar surface area (TPSA) is 98.7 Å². The van der Waals surface area contributed by atoms with Gasteiger partial charge in [0, 0.05) is 20.2 Å². The van der Waals surface area contributed by atoms with Gasteiger partial charge in [-0.2, -0.15) is 0 Å². The number of benzene rings is 2. The highest BCUT2D eigenvalue weighted by Crippen LogP contribution is 2.33. The summed E-state index contributed by atoms with van der Waals surface area (Å²) in [6.45, 7) is 1.75. The fourth-order valence-electron chi connectivity index (χ4n) is 3.21. The van der Waals surface area contributed by atoms with Crippen molar-refractivity contribution in [2.24, 2.45) is 0 Å². The van der Waals surface area contributed by atoms with E-state index in [9.17, 15) is 28.3 Å². The van der Waals surface area contributed by atoms with Crippen molar-refractivity contribution in [1.29, 1.82) is 0 Å². The highest BCUT2D eigenvalue weighted by molar-refractivity contribution is 5.99. The quantitative estimate of drug-likeness (QED) is 0.394. The molecule has 0 radical (unpaired) electrons. The van der Waals surface area contributed by atoms with Gasteiger partial charge < -0.3 is 20.6 Å². The lowest BCUT2D eigenvalue weighted by Gasteiger charge is -2.22. The molecule has 1 atom stereocenters. The van der Waals surface area contributed by atoms with Gasteiger partial charge in [0.05, 0.1) is 17.3 Å². The largest absolute Gasteiger partial charge is 0.505 e. The molecule has 0 heterocycles. The second kappa shape index (κ2) is 8.55. The highest BCUT2D eigenvalue weighted by atomic mass is 19.1. The number of carbonyl (C=O) groups is 1. The summed E-state index contributed by atoms with van der Waals surface area (Å²) in [6, 6.07) is 6.78. The Kier molecular flexibility index (Phi) is 6.05. The molecule has 3 N–H and O–H groups in total. The third-order valence-corrected chi connectivity index (χ3v) is 4.86. The Hall–Kier alpha value is -3.75. The van der Waals surface area contributed by atoms with E-state index in [-0.39, 0.29) is 33.9 Å². The normalized spacial score (nSPS) is 11.9. The van der Waals surface area contributed by atoms with Crippen LogP contribution in [0.25, 0.3) is 0 Å². The van der Waals surface area contributed by atoms with E-state index in [1.807, 2.05) is 0 Å². The van der Waals surface area contributed by atoms with Crippen LogP contribution in [0, 0.1) is 11.6 Å². The Morgan fingerprint density at radius 1 is 1.06 bits per heavy atom. The van der Waals surface area contributed by atoms with Gasteiger partial charge in [0.15, 0.2) is 5.75 Å². The average Bonchev–Trinajstić information content (AvgIpc) is 2.72. The van der Waals surface area contributed by atoms with Gasteiger partial charge in [0.1, 0.15) is 23.0 Å². The number of carbonyl (C=O) groups excluding carboxylic acids is 1. The first kappa shape index (κ1) is 21.9. The first-order chi connectivity index (χ1) is 14.6. The summed E-state index contributed by atoms with van der Waals surface area (Å²) in [6.07, 6.45) is 0.374. The number of para-hydroxylation sites is 1. The molecule has 3 rings (SSSR count). The second-order valence-corrected chi connectivity index (χ2v) is 7.24. The number of phenols is 1. The monoisotopic (exact) mass is 429 g/mol. The molecule has 3 aromatic carbocycles. The molecule has 0 aromatic heterocycles. The van der Waals surface area contributed by atoms with Crippen LogP contribution in [0.15, 0.2) is 46.0 Å². The minimum absolute atomic E-state index is 0.0184. The zero-order chi connectivity index (χ0) is 22.9. The summed E-state index contributed by atoms with van der Waals surface area (Å²) in [7, 11) is 3.06. The molecule has 0 saturated carbocycles. The summed E-state index contributed by atoms with van der Waals surface area (Å²) >= 11 is 0. The van der Waals surface area contributed by atoms with Gasteiger partial charge in [0.25, 0.3) is 16.8 Å². The fraction of sp³-hybridized carbons (Fsp3) is 0.227. The van der Waals surface area contributed by atoms with Gasteiger partial charge >= 0.3 is 0 Å². The summed E-state index contributed by atoms with van der Waals surface area (Å²) in [5.41, 5.74) is -1.42. The van der Waals surface area contributed by atoms with Crippen molar-refractivity contribution in [2.45, 2.75) is 19.4 Å². The number of hydrogen-bond acceptors (Lipinski definition) is 6. The first-order valence-corrected chi connectivity index (χ1v) is 9.50. The number of hydrogen-bond donors (Lipinski definition) is 3. The van der Waals surface area contributed by atoms with Crippen LogP contribution in [0.4, 0.5) is 25.8 Å². The van der Waals surface area contributed by atoms with Crippen molar-refractivity contribution in [1.82, 2.24) is 4.90 Å². The molecule has 0 aliphatic heterocycles. The molecule has 0 saturated heterocycles. The lowest BCUT2D eigenvalue weighted by molar-refractivity contribution is 0.0824. The minimum Gasteiger partial charge on any atom is -0.505 e. The number of amides is 1. The van der Waals surface area contributed by atoms with Crippen molar-refractivity contribution < 1.29 is 18.7 Å². The zero-order valence-electron chi connectivity index (χ0n) is 17.1. The van der Waals surface area contributed by atoms with Crippen LogP contribution in [-0.2, 0) is 0 Å². The third-order valence-electron chi connectivity index (χ3n) is 4.86. The smallest absolute Gasteiger partial charge is 0.257 e. The van der Waals surface area contributed by atoms with Gasteiger partial charge in [-0.15, -0.1) is 0 Å². The molecule has 0 bridgehead atoms. The molecule has 162 valence electrons. The van der Waals surface area contributed by atoms with Crippen molar-refractivity contribution in [3.05, 3.63) is 79.6 Å². The SMILES string of the molecule is CCC(Nc1c(Nc2cccc(C(=O)N(C)C)c2O)c(=O)c1=O)c1cc(F)cc(F)c1. The van der Waals surface area contributed by atoms with E-state index in [0.29, 0.717) is 6.42 Å². The molecule has 1 amide bonds. The molecule has 0 aliphatic rings. The van der Waals surface area contributed by atoms with Crippen LogP contribution in [0.5, 0.6) is 5.75 Å². The number of rotatable bonds is 7. The maximum absolute atomic E-state index is 13.6. The number of aromatic hydroxyl groups is 1. The first-order valence-electron chi connectivity index (χ1n) is 9.50. The predicted molar refractivity (Wildman–Crippen MR) is 114 cm³/mol. The van der Waals surface area contributed by atoms with E-state index in [1.54, 1.807) is 6.92 Å². The molecule has 7 nitrogen and oxygen atoms in total. The Balaban J connectivity index is 1.92. The molecule has 1 unspecified atom stereocenters. The maximum Gasteiger partial charge on any atom is 0.257 e. The minimum atomic E-state index is -0.813. The lowest BCUT2D eigenvalue weighted by atomic mass is 10.0. The summed E-state index contributed by atoms with van der Waals surface area (Å²) in [5, 5.41) is 16.0. The summed E-state index contributed by atoms with van der Waals surface area (Å²) in [5.74, 6) is -2.33. The van der Waals surface area contributed by atoms with E-state index >= 15 is 0 Å². The Labute approximate surface area is 176 Å². The molecule has 0 fully saturated rings. The molecule has 9 heteroatoms. The Morgan fingerprint density at radius 3 is 2.26 bits per heavy atom. The third kappa shape index (κ3) is 4.25. The van der Waals surface area contributed by atoms with E-state index in [1.165, 1.54) is 37.2 Å². The van der Waals surface area contributed by atoms with Crippen LogP contribution >= 0.6 is 0 Å². The maximum atomic E-state index is 13.6.